The molecule has 3 fully saturated rings. The fourth-order valence-electron chi connectivity index (χ4n) is 6.62. The molecule has 0 aromatic rings. The molecule has 1 aliphatic heterocycles. The number of Topliss-reactive ketones (excluding diaryl/α,β-unsaturated/α-hetero) is 1. The van der Waals surface area contributed by atoms with E-state index in [0.717, 1.165) is 19.3 Å². The van der Waals surface area contributed by atoms with Gasteiger partial charge in [-0.2, -0.15) is 0 Å². The van der Waals surface area contributed by atoms with Gasteiger partial charge in [-0.1, -0.05) is 74.7 Å². The van der Waals surface area contributed by atoms with Crippen LogP contribution in [0.4, 0.5) is 4.79 Å². The number of nitrogens with one attached hydrogen (secondary N) is 3. The van der Waals surface area contributed by atoms with E-state index in [1.165, 1.54) is 16.7 Å². The van der Waals surface area contributed by atoms with Crippen LogP contribution < -0.4 is 21.7 Å². The highest BCUT2D eigenvalue weighted by Crippen LogP contribution is 2.65. The molecule has 0 radical (unpaired) electrons. The van der Waals surface area contributed by atoms with E-state index < -0.39 is 53.2 Å². The first-order valence-corrected chi connectivity index (χ1v) is 15.8. The summed E-state index contributed by atoms with van der Waals surface area (Å²) in [6.07, 6.45) is 3.22. The second-order valence-electron chi connectivity index (χ2n) is 15.9. The summed E-state index contributed by atoms with van der Waals surface area (Å²) in [7, 11) is 1.67. The van der Waals surface area contributed by atoms with Crippen molar-refractivity contribution in [3.63, 3.8) is 0 Å². The monoisotopic (exact) mass is 618 g/mol. The van der Waals surface area contributed by atoms with Crippen molar-refractivity contribution < 1.29 is 28.8 Å². The Morgan fingerprint density at radius 2 is 1.55 bits per heavy atom. The third kappa shape index (κ3) is 7.72. The largest absolute Gasteiger partial charge is 0.363 e. The maximum atomic E-state index is 14.2. The first-order valence-electron chi connectivity index (χ1n) is 15.8. The Morgan fingerprint density at radius 1 is 0.955 bits per heavy atom. The Morgan fingerprint density at radius 3 is 2.00 bits per heavy atom. The van der Waals surface area contributed by atoms with Crippen molar-refractivity contribution in [2.45, 2.75) is 112 Å². The molecule has 1 heterocycles. The molecule has 1 unspecified atom stereocenters. The molecule has 0 aromatic carbocycles. The lowest BCUT2D eigenvalue weighted by Gasteiger charge is -2.39. The minimum absolute atomic E-state index is 0.0842. The Hall–Kier alpha value is -3.18. The number of hydrogen-bond donors (Lipinski definition) is 4. The second-order valence-corrected chi connectivity index (χ2v) is 15.9. The number of piperidine rings is 1. The standard InChI is InChI=1S/C32H54N6O6/c1-17(39)37(10)16-21(30(2,3)4)35-29(44)36-25(31(5,6)7)28(43)38-15-19-22(32(19,8)9)23(38)27(42)34-20(24(40)26(33)41)14-18-12-11-13-18/h18-23,25H,11-16H2,1-10H3,(H2,33,41)(H,34,42)(H2,35,36,44)/t19-,20?,21+,22-,23-,25+/m0/s1. The highest BCUT2D eigenvalue weighted by Gasteiger charge is 2.70. The van der Waals surface area contributed by atoms with Gasteiger partial charge in [0.1, 0.15) is 12.1 Å². The Labute approximate surface area is 262 Å². The summed E-state index contributed by atoms with van der Waals surface area (Å²) in [6, 6.07) is -3.81. The number of ketones is 1. The van der Waals surface area contributed by atoms with Crippen LogP contribution in [0.2, 0.25) is 0 Å². The predicted molar refractivity (Wildman–Crippen MR) is 166 cm³/mol. The smallest absolute Gasteiger partial charge is 0.315 e. The van der Waals surface area contributed by atoms with Crippen molar-refractivity contribution in [3.8, 4) is 0 Å². The highest BCUT2D eigenvalue weighted by molar-refractivity contribution is 6.37. The van der Waals surface area contributed by atoms with E-state index in [4.69, 9.17) is 5.73 Å². The number of hydrogen-bond acceptors (Lipinski definition) is 6. The number of rotatable bonds is 11. The molecule has 0 aromatic heterocycles. The molecule has 1 saturated heterocycles. The van der Waals surface area contributed by atoms with Crippen molar-refractivity contribution in [1.29, 1.82) is 0 Å². The minimum Gasteiger partial charge on any atom is -0.363 e. The SMILES string of the molecule is CC(=O)N(C)C[C@@H](NC(=O)N[C@H](C(=O)N1C[C@H]2[C@@H]([C@H]1C(=O)NC(CC1CCC1)C(=O)C(N)=O)C2(C)C)C(C)(C)C)C(C)(C)C. The molecule has 3 aliphatic rings. The number of carbonyl (C=O) groups excluding carboxylic acids is 6. The molecule has 3 rings (SSSR count). The molecule has 12 nitrogen and oxygen atoms in total. The summed E-state index contributed by atoms with van der Waals surface area (Å²) < 4.78 is 0. The second kappa shape index (κ2) is 12.7. The molecule has 248 valence electrons. The van der Waals surface area contributed by atoms with Crippen LogP contribution in [0.25, 0.3) is 0 Å². The van der Waals surface area contributed by atoms with Crippen LogP contribution in [0.3, 0.4) is 0 Å². The van der Waals surface area contributed by atoms with Gasteiger partial charge in [-0.05, 0) is 40.4 Å². The molecular formula is C32H54N6O6. The first-order chi connectivity index (χ1) is 20.1. The van der Waals surface area contributed by atoms with E-state index in [1.807, 2.05) is 41.5 Å². The van der Waals surface area contributed by atoms with Gasteiger partial charge < -0.3 is 31.5 Å². The maximum absolute atomic E-state index is 14.2. The van der Waals surface area contributed by atoms with Gasteiger partial charge in [0.25, 0.3) is 5.91 Å². The molecule has 5 N–H and O–H groups in total. The van der Waals surface area contributed by atoms with Gasteiger partial charge in [0.05, 0.1) is 12.1 Å². The summed E-state index contributed by atoms with van der Waals surface area (Å²) >= 11 is 0. The van der Waals surface area contributed by atoms with E-state index in [0.29, 0.717) is 19.5 Å². The zero-order valence-corrected chi connectivity index (χ0v) is 28.2. The number of likely N-dealkylation sites (tertiary alicyclic amines) is 1. The molecule has 0 bridgehead atoms. The molecule has 2 aliphatic carbocycles. The van der Waals surface area contributed by atoms with Crippen LogP contribution >= 0.6 is 0 Å². The number of nitrogens with two attached hydrogens (primary N) is 1. The van der Waals surface area contributed by atoms with Crippen LogP contribution in [-0.2, 0) is 24.0 Å². The zero-order chi connectivity index (χ0) is 33.5. The van der Waals surface area contributed by atoms with E-state index in [-0.39, 0.29) is 40.4 Å². The maximum Gasteiger partial charge on any atom is 0.315 e. The van der Waals surface area contributed by atoms with Gasteiger partial charge in [0.15, 0.2) is 0 Å². The van der Waals surface area contributed by atoms with Gasteiger partial charge in [-0.15, -0.1) is 0 Å². The molecule has 6 atom stereocenters. The van der Waals surface area contributed by atoms with Crippen LogP contribution in [0.15, 0.2) is 0 Å². The van der Waals surface area contributed by atoms with Gasteiger partial charge in [0.2, 0.25) is 23.5 Å². The molecular weight excluding hydrogens is 564 g/mol. The number of amides is 6. The molecule has 2 saturated carbocycles. The lowest BCUT2D eigenvalue weighted by Crippen LogP contribution is -2.62. The Balaban J connectivity index is 1.82. The first kappa shape index (κ1) is 35.3. The average molecular weight is 619 g/mol. The lowest BCUT2D eigenvalue weighted by molar-refractivity contribution is -0.145. The number of primary amides is 1. The van der Waals surface area contributed by atoms with Crippen LogP contribution in [0, 0.1) is 34.0 Å². The van der Waals surface area contributed by atoms with Crippen LogP contribution in [0.1, 0.15) is 88.0 Å². The van der Waals surface area contributed by atoms with Crippen molar-refractivity contribution >= 4 is 35.4 Å². The fraction of sp³-hybridized carbons (Fsp3) is 0.812. The molecule has 6 amide bonds. The topological polar surface area (TPSA) is 171 Å². The highest BCUT2D eigenvalue weighted by atomic mass is 16.2. The summed E-state index contributed by atoms with van der Waals surface area (Å²) in [5, 5.41) is 8.62. The average Bonchev–Trinajstić information content (AvgIpc) is 3.19. The summed E-state index contributed by atoms with van der Waals surface area (Å²) in [5.74, 6) is -2.73. The van der Waals surface area contributed by atoms with E-state index >= 15 is 0 Å². The van der Waals surface area contributed by atoms with E-state index in [9.17, 15) is 28.8 Å². The number of urea groups is 1. The lowest BCUT2D eigenvalue weighted by atomic mass is 9.80. The summed E-state index contributed by atoms with van der Waals surface area (Å²) in [6.45, 7) is 17.6. The number of nitrogens with zero attached hydrogens (tertiary/aromatic N) is 2. The third-order valence-electron chi connectivity index (χ3n) is 10.2. The summed E-state index contributed by atoms with van der Waals surface area (Å²) in [5.41, 5.74) is 4.05. The Bertz CT molecular complexity index is 1170. The predicted octanol–water partition coefficient (Wildman–Crippen LogP) is 1.81. The summed E-state index contributed by atoms with van der Waals surface area (Å²) in [4.78, 5) is 80.9. The van der Waals surface area contributed by atoms with Crippen LogP contribution in [-0.4, -0.2) is 89.5 Å². The van der Waals surface area contributed by atoms with Gasteiger partial charge >= 0.3 is 6.03 Å². The van der Waals surface area contributed by atoms with Crippen molar-refractivity contribution in [2.75, 3.05) is 20.1 Å². The fourth-order valence-corrected chi connectivity index (χ4v) is 6.62. The molecule has 44 heavy (non-hydrogen) atoms. The number of carbonyl (C=O) groups is 6. The molecule has 0 spiro atoms. The zero-order valence-electron chi connectivity index (χ0n) is 28.2. The van der Waals surface area contributed by atoms with Crippen molar-refractivity contribution in [1.82, 2.24) is 25.8 Å². The third-order valence-corrected chi connectivity index (χ3v) is 10.2. The van der Waals surface area contributed by atoms with Gasteiger partial charge in [-0.25, -0.2) is 4.79 Å². The van der Waals surface area contributed by atoms with Crippen molar-refractivity contribution in [2.24, 2.45) is 39.7 Å². The van der Waals surface area contributed by atoms with Crippen molar-refractivity contribution in [3.05, 3.63) is 0 Å². The molecule has 12 heteroatoms. The van der Waals surface area contributed by atoms with Crippen LogP contribution in [0.5, 0.6) is 0 Å². The van der Waals surface area contributed by atoms with Gasteiger partial charge in [0, 0.05) is 27.1 Å². The quantitative estimate of drug-likeness (QED) is 0.257. The number of fused-ring (bicyclic) bond motifs is 1. The Kier molecular flexibility index (Phi) is 10.2. The number of likely N-dealkylation sites (N-methyl/N-ethyl adjacent to an activating group) is 1. The normalized spacial score (nSPS) is 24.6. The van der Waals surface area contributed by atoms with E-state index in [1.54, 1.807) is 7.05 Å². The van der Waals surface area contributed by atoms with Gasteiger partial charge in [-0.3, -0.25) is 24.0 Å². The van der Waals surface area contributed by atoms with E-state index in [2.05, 4.69) is 29.8 Å². The minimum atomic E-state index is -1.09.